The zero-order valence-electron chi connectivity index (χ0n) is 15.4. The lowest BCUT2D eigenvalue weighted by Crippen LogP contribution is -2.13. The van der Waals surface area contributed by atoms with Crippen molar-refractivity contribution in [2.24, 2.45) is 0 Å². The van der Waals surface area contributed by atoms with Crippen molar-refractivity contribution in [2.75, 3.05) is 19.5 Å². The van der Waals surface area contributed by atoms with Gasteiger partial charge in [0.25, 0.3) is 5.91 Å². The van der Waals surface area contributed by atoms with E-state index in [4.69, 9.17) is 13.9 Å². The molecule has 0 aliphatic carbocycles. The standard InChI is InChI=1S/C22H18N2O4/c1-26-16-10-11-19(27-2)17(13-16)21(25)23-15-7-5-6-14(12-15)22-24-18-8-3-4-9-20(18)28-22/h3-13H,1-2H3,(H,23,25). The summed E-state index contributed by atoms with van der Waals surface area (Å²) in [5, 5.41) is 2.88. The number of oxazole rings is 1. The number of benzene rings is 3. The van der Waals surface area contributed by atoms with E-state index in [-0.39, 0.29) is 5.91 Å². The number of para-hydroxylation sites is 2. The number of amides is 1. The molecule has 0 saturated carbocycles. The van der Waals surface area contributed by atoms with Gasteiger partial charge in [-0.05, 0) is 48.5 Å². The first kappa shape index (κ1) is 17.6. The van der Waals surface area contributed by atoms with E-state index in [2.05, 4.69) is 10.3 Å². The van der Waals surface area contributed by atoms with Gasteiger partial charge in [0.05, 0.1) is 19.8 Å². The van der Waals surface area contributed by atoms with Crippen LogP contribution >= 0.6 is 0 Å². The van der Waals surface area contributed by atoms with Gasteiger partial charge in [0.15, 0.2) is 5.58 Å². The molecule has 6 heteroatoms. The maximum absolute atomic E-state index is 12.8. The molecule has 0 atom stereocenters. The summed E-state index contributed by atoms with van der Waals surface area (Å²) in [5.41, 5.74) is 3.27. The normalized spacial score (nSPS) is 10.6. The molecule has 1 N–H and O–H groups in total. The van der Waals surface area contributed by atoms with Gasteiger partial charge in [0.2, 0.25) is 5.89 Å². The van der Waals surface area contributed by atoms with Crippen molar-refractivity contribution in [2.45, 2.75) is 0 Å². The van der Waals surface area contributed by atoms with Crippen molar-refractivity contribution in [3.63, 3.8) is 0 Å². The number of hydrogen-bond donors (Lipinski definition) is 1. The van der Waals surface area contributed by atoms with Gasteiger partial charge < -0.3 is 19.2 Å². The number of anilines is 1. The highest BCUT2D eigenvalue weighted by atomic mass is 16.5. The first-order valence-electron chi connectivity index (χ1n) is 8.67. The Labute approximate surface area is 161 Å². The number of aromatic nitrogens is 1. The van der Waals surface area contributed by atoms with Crippen molar-refractivity contribution in [1.82, 2.24) is 4.98 Å². The van der Waals surface area contributed by atoms with Crippen molar-refractivity contribution in [3.05, 3.63) is 72.3 Å². The van der Waals surface area contributed by atoms with Gasteiger partial charge in [-0.1, -0.05) is 18.2 Å². The number of nitrogens with one attached hydrogen (secondary N) is 1. The van der Waals surface area contributed by atoms with Crippen LogP contribution in [-0.4, -0.2) is 25.1 Å². The molecule has 4 rings (SSSR count). The van der Waals surface area contributed by atoms with Crippen LogP contribution in [-0.2, 0) is 0 Å². The van der Waals surface area contributed by atoms with Crippen LogP contribution in [0.1, 0.15) is 10.4 Å². The zero-order chi connectivity index (χ0) is 19.5. The highest BCUT2D eigenvalue weighted by molar-refractivity contribution is 6.06. The SMILES string of the molecule is COc1ccc(OC)c(C(=O)Nc2cccc(-c3nc4ccccc4o3)c2)c1. The van der Waals surface area contributed by atoms with Crippen LogP contribution in [0, 0.1) is 0 Å². The Hall–Kier alpha value is -3.80. The number of nitrogens with zero attached hydrogens (tertiary/aromatic N) is 1. The van der Waals surface area contributed by atoms with Crippen molar-refractivity contribution >= 4 is 22.7 Å². The van der Waals surface area contributed by atoms with E-state index in [0.717, 1.165) is 11.1 Å². The first-order chi connectivity index (χ1) is 13.7. The summed E-state index contributed by atoms with van der Waals surface area (Å²) in [6.07, 6.45) is 0. The Kier molecular flexibility index (Phi) is 4.68. The third kappa shape index (κ3) is 3.40. The Morgan fingerprint density at radius 3 is 2.61 bits per heavy atom. The fourth-order valence-corrected chi connectivity index (χ4v) is 2.92. The Balaban J connectivity index is 1.62. The number of fused-ring (bicyclic) bond motifs is 1. The van der Waals surface area contributed by atoms with Crippen molar-refractivity contribution in [3.8, 4) is 23.0 Å². The molecule has 140 valence electrons. The molecule has 1 aromatic heterocycles. The minimum atomic E-state index is -0.300. The topological polar surface area (TPSA) is 73.6 Å². The third-order valence-corrected chi connectivity index (χ3v) is 4.31. The molecule has 28 heavy (non-hydrogen) atoms. The number of carbonyl (C=O) groups excluding carboxylic acids is 1. The maximum atomic E-state index is 12.8. The molecule has 0 spiro atoms. The van der Waals surface area contributed by atoms with Gasteiger partial charge in [0, 0.05) is 11.3 Å². The Bertz CT molecular complexity index is 1120. The lowest BCUT2D eigenvalue weighted by atomic mass is 10.1. The van der Waals surface area contributed by atoms with Crippen LogP contribution in [0.15, 0.2) is 71.1 Å². The summed E-state index contributed by atoms with van der Waals surface area (Å²) in [6.45, 7) is 0. The van der Waals surface area contributed by atoms with Crippen molar-refractivity contribution < 1.29 is 18.7 Å². The minimum absolute atomic E-state index is 0.300. The van der Waals surface area contributed by atoms with Crippen LogP contribution in [0.4, 0.5) is 5.69 Å². The fraction of sp³-hybridized carbons (Fsp3) is 0.0909. The molecule has 0 unspecified atom stereocenters. The second-order valence-corrected chi connectivity index (χ2v) is 6.09. The van der Waals surface area contributed by atoms with Crippen LogP contribution in [0.5, 0.6) is 11.5 Å². The van der Waals surface area contributed by atoms with Gasteiger partial charge >= 0.3 is 0 Å². The molecule has 0 bridgehead atoms. The second kappa shape index (κ2) is 7.44. The smallest absolute Gasteiger partial charge is 0.259 e. The van der Waals surface area contributed by atoms with E-state index in [1.165, 1.54) is 7.11 Å². The predicted octanol–water partition coefficient (Wildman–Crippen LogP) is 4.76. The third-order valence-electron chi connectivity index (χ3n) is 4.31. The number of hydrogen-bond acceptors (Lipinski definition) is 5. The van der Waals surface area contributed by atoms with E-state index >= 15 is 0 Å². The summed E-state index contributed by atoms with van der Waals surface area (Å²) >= 11 is 0. The summed E-state index contributed by atoms with van der Waals surface area (Å²) in [4.78, 5) is 17.3. The highest BCUT2D eigenvalue weighted by Crippen LogP contribution is 2.28. The molecule has 0 aliphatic heterocycles. The van der Waals surface area contributed by atoms with Gasteiger partial charge in [-0.2, -0.15) is 0 Å². The van der Waals surface area contributed by atoms with Gasteiger partial charge in [-0.15, -0.1) is 0 Å². The molecule has 3 aromatic carbocycles. The van der Waals surface area contributed by atoms with Gasteiger partial charge in [0.1, 0.15) is 17.0 Å². The molecular formula is C22H18N2O4. The lowest BCUT2D eigenvalue weighted by Gasteiger charge is -2.11. The second-order valence-electron chi connectivity index (χ2n) is 6.09. The Morgan fingerprint density at radius 2 is 1.82 bits per heavy atom. The average molecular weight is 374 g/mol. The molecule has 4 aromatic rings. The first-order valence-corrected chi connectivity index (χ1v) is 8.67. The summed E-state index contributed by atoms with van der Waals surface area (Å²) in [6, 6.07) is 20.0. The highest BCUT2D eigenvalue weighted by Gasteiger charge is 2.15. The fourth-order valence-electron chi connectivity index (χ4n) is 2.92. The molecule has 0 fully saturated rings. The molecule has 0 radical (unpaired) electrons. The van der Waals surface area contributed by atoms with Gasteiger partial charge in [-0.3, -0.25) is 4.79 Å². The molecule has 0 aliphatic rings. The van der Waals surface area contributed by atoms with Crippen LogP contribution in [0.2, 0.25) is 0 Å². The van der Waals surface area contributed by atoms with E-state index < -0.39 is 0 Å². The summed E-state index contributed by atoms with van der Waals surface area (Å²) < 4.78 is 16.3. The number of ether oxygens (including phenoxy) is 2. The number of rotatable bonds is 5. The summed E-state index contributed by atoms with van der Waals surface area (Å²) in [7, 11) is 3.07. The summed E-state index contributed by atoms with van der Waals surface area (Å²) in [5.74, 6) is 1.24. The van der Waals surface area contributed by atoms with E-state index in [0.29, 0.717) is 34.2 Å². The van der Waals surface area contributed by atoms with Gasteiger partial charge in [-0.25, -0.2) is 4.98 Å². The lowest BCUT2D eigenvalue weighted by molar-refractivity contribution is 0.102. The van der Waals surface area contributed by atoms with Crippen LogP contribution in [0.3, 0.4) is 0 Å². The molecule has 6 nitrogen and oxygen atoms in total. The molecule has 1 heterocycles. The predicted molar refractivity (Wildman–Crippen MR) is 107 cm³/mol. The molecule has 1 amide bonds. The number of methoxy groups -OCH3 is 2. The molecule has 0 saturated heterocycles. The zero-order valence-corrected chi connectivity index (χ0v) is 15.4. The molecular weight excluding hydrogens is 356 g/mol. The largest absolute Gasteiger partial charge is 0.497 e. The quantitative estimate of drug-likeness (QED) is 0.545. The number of carbonyl (C=O) groups is 1. The van der Waals surface area contributed by atoms with E-state index in [1.807, 2.05) is 42.5 Å². The van der Waals surface area contributed by atoms with E-state index in [9.17, 15) is 4.79 Å². The maximum Gasteiger partial charge on any atom is 0.259 e. The van der Waals surface area contributed by atoms with Crippen LogP contribution in [0.25, 0.3) is 22.6 Å². The van der Waals surface area contributed by atoms with E-state index in [1.54, 1.807) is 31.4 Å². The van der Waals surface area contributed by atoms with Crippen LogP contribution < -0.4 is 14.8 Å². The Morgan fingerprint density at radius 1 is 0.964 bits per heavy atom. The van der Waals surface area contributed by atoms with Crippen molar-refractivity contribution in [1.29, 1.82) is 0 Å². The monoisotopic (exact) mass is 374 g/mol. The minimum Gasteiger partial charge on any atom is -0.497 e. The average Bonchev–Trinajstić information content (AvgIpc) is 3.18.